The highest BCUT2D eigenvalue weighted by molar-refractivity contribution is 5.14. The Hall–Kier alpha value is -2.16. The summed E-state index contributed by atoms with van der Waals surface area (Å²) in [6, 6.07) is 2.61. The van der Waals surface area contributed by atoms with Crippen molar-refractivity contribution in [3.8, 4) is 0 Å². The Bertz CT molecular complexity index is 849. The van der Waals surface area contributed by atoms with E-state index in [1.165, 1.54) is 17.4 Å². The number of aromatic nitrogens is 3. The first kappa shape index (κ1) is 18.2. The second kappa shape index (κ2) is 7.10. The zero-order valence-electron chi connectivity index (χ0n) is 14.8. The van der Waals surface area contributed by atoms with Crippen LogP contribution in [0, 0.1) is 5.92 Å². The van der Waals surface area contributed by atoms with Crippen LogP contribution in [0.5, 0.6) is 0 Å². The van der Waals surface area contributed by atoms with Gasteiger partial charge in [-0.05, 0) is 44.7 Å². The van der Waals surface area contributed by atoms with Crippen molar-refractivity contribution >= 4 is 0 Å². The Morgan fingerprint density at radius 3 is 2.52 bits per heavy atom. The molecule has 146 valence electrons. The van der Waals surface area contributed by atoms with Crippen LogP contribution in [0.1, 0.15) is 48.7 Å². The van der Waals surface area contributed by atoms with Crippen molar-refractivity contribution in [2.75, 3.05) is 13.1 Å². The maximum absolute atomic E-state index is 12.6. The van der Waals surface area contributed by atoms with Gasteiger partial charge in [-0.3, -0.25) is 14.3 Å². The first-order chi connectivity index (χ1) is 12.9. The molecule has 0 amide bonds. The van der Waals surface area contributed by atoms with Crippen LogP contribution in [0.3, 0.4) is 0 Å². The smallest absolute Gasteiger partial charge is 0.361 e. The van der Waals surface area contributed by atoms with E-state index >= 15 is 0 Å². The highest BCUT2D eigenvalue weighted by atomic mass is 19.4. The average Bonchev–Trinajstić information content (AvgIpc) is 3.37. The van der Waals surface area contributed by atoms with Crippen LogP contribution in [-0.2, 0) is 19.3 Å². The Morgan fingerprint density at radius 1 is 1.15 bits per heavy atom. The van der Waals surface area contributed by atoms with Crippen LogP contribution in [-0.4, -0.2) is 32.7 Å². The van der Waals surface area contributed by atoms with Gasteiger partial charge < -0.3 is 4.52 Å². The van der Waals surface area contributed by atoms with Gasteiger partial charge in [0, 0.05) is 31.1 Å². The van der Waals surface area contributed by atoms with Gasteiger partial charge in [-0.2, -0.15) is 13.2 Å². The van der Waals surface area contributed by atoms with Crippen molar-refractivity contribution in [1.29, 1.82) is 0 Å². The van der Waals surface area contributed by atoms with E-state index in [-0.39, 0.29) is 5.92 Å². The minimum Gasteiger partial charge on any atom is -0.361 e. The molecule has 4 rings (SSSR count). The van der Waals surface area contributed by atoms with Crippen molar-refractivity contribution < 1.29 is 17.7 Å². The van der Waals surface area contributed by atoms with E-state index < -0.39 is 17.4 Å². The van der Waals surface area contributed by atoms with Crippen LogP contribution in [0.25, 0.3) is 0 Å². The molecule has 0 N–H and O–H groups in total. The van der Waals surface area contributed by atoms with E-state index in [1.54, 1.807) is 0 Å². The second-order valence-electron chi connectivity index (χ2n) is 7.48. The van der Waals surface area contributed by atoms with Crippen molar-refractivity contribution in [1.82, 2.24) is 19.6 Å². The average molecular weight is 382 g/mol. The first-order valence-electron chi connectivity index (χ1n) is 9.20. The van der Waals surface area contributed by atoms with E-state index in [4.69, 9.17) is 4.52 Å². The molecular weight excluding hydrogens is 361 g/mol. The molecule has 0 radical (unpaired) electrons. The predicted octanol–water partition coefficient (Wildman–Crippen LogP) is 3.04. The lowest BCUT2D eigenvalue weighted by molar-refractivity contribution is -0.141. The summed E-state index contributed by atoms with van der Waals surface area (Å²) >= 11 is 0. The molecule has 0 bridgehead atoms. The van der Waals surface area contributed by atoms with Crippen LogP contribution in [0.4, 0.5) is 13.2 Å². The van der Waals surface area contributed by atoms with Crippen molar-refractivity contribution in [3.63, 3.8) is 0 Å². The van der Waals surface area contributed by atoms with E-state index in [2.05, 4.69) is 15.0 Å². The molecule has 2 aromatic rings. The third-order valence-electron chi connectivity index (χ3n) is 5.27. The predicted molar refractivity (Wildman–Crippen MR) is 90.0 cm³/mol. The molecule has 0 unspecified atom stereocenters. The normalized spacial score (nSPS) is 19.5. The van der Waals surface area contributed by atoms with E-state index in [1.807, 2.05) is 6.07 Å². The molecule has 3 heterocycles. The Balaban J connectivity index is 1.29. The van der Waals surface area contributed by atoms with Crippen molar-refractivity contribution in [2.45, 2.75) is 50.9 Å². The molecule has 2 aliphatic rings. The number of hydrogen-bond donors (Lipinski definition) is 0. The number of piperidine rings is 1. The minimum atomic E-state index is -4.59. The van der Waals surface area contributed by atoms with Crippen LogP contribution in [0.2, 0.25) is 0 Å². The van der Waals surface area contributed by atoms with Crippen molar-refractivity contribution in [2.24, 2.45) is 5.92 Å². The van der Waals surface area contributed by atoms with Gasteiger partial charge in [0.05, 0.1) is 12.0 Å². The van der Waals surface area contributed by atoms with Crippen LogP contribution < -0.4 is 5.56 Å². The van der Waals surface area contributed by atoms with Gasteiger partial charge in [-0.25, -0.2) is 4.98 Å². The number of alkyl halides is 3. The van der Waals surface area contributed by atoms with Crippen LogP contribution >= 0.6 is 0 Å². The topological polar surface area (TPSA) is 64.2 Å². The molecule has 0 aromatic carbocycles. The molecule has 1 aliphatic carbocycles. The molecule has 1 saturated heterocycles. The Morgan fingerprint density at radius 2 is 1.89 bits per heavy atom. The quantitative estimate of drug-likeness (QED) is 0.795. The fraction of sp³-hybridized carbons (Fsp3) is 0.611. The van der Waals surface area contributed by atoms with Gasteiger partial charge in [-0.15, -0.1) is 0 Å². The summed E-state index contributed by atoms with van der Waals surface area (Å²) < 4.78 is 44.5. The van der Waals surface area contributed by atoms with E-state index in [9.17, 15) is 18.0 Å². The maximum atomic E-state index is 12.6. The molecule has 6 nitrogen and oxygen atoms in total. The number of halogens is 3. The molecule has 9 heteroatoms. The fourth-order valence-corrected chi connectivity index (χ4v) is 3.52. The Kier molecular flexibility index (Phi) is 4.79. The summed E-state index contributed by atoms with van der Waals surface area (Å²) in [5.74, 6) is 1.78. The summed E-state index contributed by atoms with van der Waals surface area (Å²) in [6.45, 7) is 2.86. The number of rotatable bonds is 5. The number of hydrogen-bond acceptors (Lipinski definition) is 5. The second-order valence-corrected chi connectivity index (χ2v) is 7.48. The van der Waals surface area contributed by atoms with Gasteiger partial charge in [0.2, 0.25) is 0 Å². The van der Waals surface area contributed by atoms with Gasteiger partial charge in [0.1, 0.15) is 5.76 Å². The molecule has 0 spiro atoms. The molecule has 0 atom stereocenters. The molecule has 2 fully saturated rings. The lowest BCUT2D eigenvalue weighted by Gasteiger charge is -2.31. The molecular formula is C18H21F3N4O2. The van der Waals surface area contributed by atoms with Crippen molar-refractivity contribution in [3.05, 3.63) is 46.0 Å². The molecule has 2 aromatic heterocycles. The zero-order valence-corrected chi connectivity index (χ0v) is 14.8. The lowest BCUT2D eigenvalue weighted by atomic mass is 9.96. The van der Waals surface area contributed by atoms with E-state index in [0.717, 1.165) is 50.3 Å². The van der Waals surface area contributed by atoms with Gasteiger partial charge in [0.15, 0.2) is 5.69 Å². The third-order valence-corrected chi connectivity index (χ3v) is 5.27. The lowest BCUT2D eigenvalue weighted by Crippen LogP contribution is -2.36. The maximum Gasteiger partial charge on any atom is 0.433 e. The largest absolute Gasteiger partial charge is 0.433 e. The minimum absolute atomic E-state index is 0.247. The van der Waals surface area contributed by atoms with Gasteiger partial charge in [-0.1, -0.05) is 5.16 Å². The highest BCUT2D eigenvalue weighted by Gasteiger charge is 2.33. The standard InChI is InChI=1S/C18H21F3N4O2/c19-18(20,21)16-8-17(26)25(11-22-16)9-12-3-5-24(6-4-12)10-14-7-15(27-23-14)13-1-2-13/h7-8,11-13H,1-6,9-10H2. The highest BCUT2D eigenvalue weighted by Crippen LogP contribution is 2.40. The van der Waals surface area contributed by atoms with E-state index in [0.29, 0.717) is 18.5 Å². The van der Waals surface area contributed by atoms with Crippen LogP contribution in [0.15, 0.2) is 27.8 Å². The number of nitrogens with zero attached hydrogens (tertiary/aromatic N) is 4. The molecule has 1 aliphatic heterocycles. The summed E-state index contributed by atoms with van der Waals surface area (Å²) in [5.41, 5.74) is -0.856. The summed E-state index contributed by atoms with van der Waals surface area (Å²) in [6.07, 6.45) is 0.522. The third kappa shape index (κ3) is 4.40. The monoisotopic (exact) mass is 382 g/mol. The first-order valence-corrected chi connectivity index (χ1v) is 9.20. The Labute approximate surface area is 154 Å². The van der Waals surface area contributed by atoms with Gasteiger partial charge in [0.25, 0.3) is 5.56 Å². The molecule has 1 saturated carbocycles. The summed E-state index contributed by atoms with van der Waals surface area (Å²) in [7, 11) is 0. The summed E-state index contributed by atoms with van der Waals surface area (Å²) in [5, 5.41) is 4.14. The fourth-order valence-electron chi connectivity index (χ4n) is 3.52. The summed E-state index contributed by atoms with van der Waals surface area (Å²) in [4.78, 5) is 17.6. The molecule has 27 heavy (non-hydrogen) atoms. The van der Waals surface area contributed by atoms with Gasteiger partial charge >= 0.3 is 6.18 Å². The SMILES string of the molecule is O=c1cc(C(F)(F)F)ncn1CC1CCN(Cc2cc(C3CC3)on2)CC1. The number of likely N-dealkylation sites (tertiary alicyclic amines) is 1. The zero-order chi connectivity index (χ0) is 19.0.